The highest BCUT2D eigenvalue weighted by molar-refractivity contribution is 8.18. The van der Waals surface area contributed by atoms with E-state index in [1.165, 1.54) is 48.8 Å². The van der Waals surface area contributed by atoms with Crippen LogP contribution in [0.15, 0.2) is 64.4 Å². The highest BCUT2D eigenvalue weighted by Gasteiger charge is 2.30. The summed E-state index contributed by atoms with van der Waals surface area (Å²) in [6, 6.07) is 12.2. The molecular formula is C40H62S2. The second-order valence-electron chi connectivity index (χ2n) is 17.1. The van der Waals surface area contributed by atoms with Crippen molar-refractivity contribution in [1.82, 2.24) is 0 Å². The van der Waals surface area contributed by atoms with Crippen LogP contribution in [-0.4, -0.2) is 4.08 Å². The molecule has 0 atom stereocenters. The van der Waals surface area contributed by atoms with Gasteiger partial charge in [0.05, 0.1) is 4.08 Å². The molecule has 0 saturated carbocycles. The van der Waals surface area contributed by atoms with Crippen LogP contribution in [0, 0.1) is 0 Å². The van der Waals surface area contributed by atoms with Crippen molar-refractivity contribution < 1.29 is 0 Å². The molecule has 0 radical (unpaired) electrons. The van der Waals surface area contributed by atoms with Crippen molar-refractivity contribution in [2.45, 2.75) is 165 Å². The first kappa shape index (κ1) is 36.8. The molecule has 0 unspecified atom stereocenters. The fraction of sp³-hybridized carbons (Fsp3) is 0.600. The molecular weight excluding hydrogens is 545 g/mol. The minimum Gasteiger partial charge on any atom is -0.109 e. The normalized spacial score (nSPS) is 13.4. The van der Waals surface area contributed by atoms with Crippen LogP contribution in [0.3, 0.4) is 0 Å². The van der Waals surface area contributed by atoms with Gasteiger partial charge in [0.1, 0.15) is 0 Å². The van der Waals surface area contributed by atoms with Crippen LogP contribution in [0.2, 0.25) is 0 Å². The summed E-state index contributed by atoms with van der Waals surface area (Å²) < 4.78 is -0.0381. The van der Waals surface area contributed by atoms with Crippen LogP contribution >= 0.6 is 23.5 Å². The van der Waals surface area contributed by atoms with E-state index in [0.717, 1.165) is 25.7 Å². The van der Waals surface area contributed by atoms with Crippen LogP contribution in [0.25, 0.3) is 0 Å². The molecule has 0 heterocycles. The fourth-order valence-corrected chi connectivity index (χ4v) is 7.93. The Hall–Kier alpha value is -1.38. The van der Waals surface area contributed by atoms with Gasteiger partial charge in [0, 0.05) is 9.79 Å². The molecule has 2 aromatic carbocycles. The van der Waals surface area contributed by atoms with E-state index >= 15 is 0 Å². The molecule has 0 N–H and O–H groups in total. The lowest BCUT2D eigenvalue weighted by molar-refractivity contribution is 0.553. The Morgan fingerprint density at radius 2 is 0.976 bits per heavy atom. The molecule has 2 rings (SSSR count). The largest absolute Gasteiger partial charge is 0.109 e. The molecule has 234 valence electrons. The van der Waals surface area contributed by atoms with Gasteiger partial charge in [0.25, 0.3) is 0 Å². The van der Waals surface area contributed by atoms with E-state index in [1.54, 1.807) is 0 Å². The Kier molecular flexibility index (Phi) is 11.7. The Labute approximate surface area is 270 Å². The van der Waals surface area contributed by atoms with Crippen LogP contribution in [0.5, 0.6) is 0 Å². The molecule has 2 heteroatoms. The van der Waals surface area contributed by atoms with E-state index in [4.69, 9.17) is 0 Å². The summed E-state index contributed by atoms with van der Waals surface area (Å²) in [6.07, 6.45) is 4.23. The van der Waals surface area contributed by atoms with Crippen molar-refractivity contribution in [3.63, 3.8) is 0 Å². The van der Waals surface area contributed by atoms with Gasteiger partial charge in [-0.2, -0.15) is 0 Å². The topological polar surface area (TPSA) is 0 Å². The average molecular weight is 607 g/mol. The van der Waals surface area contributed by atoms with Gasteiger partial charge in [0.2, 0.25) is 0 Å². The molecule has 0 nitrogen and oxygen atoms in total. The minimum atomic E-state index is -0.0381. The lowest BCUT2D eigenvalue weighted by atomic mass is 9.74. The summed E-state index contributed by atoms with van der Waals surface area (Å²) in [5.74, 6) is 0. The highest BCUT2D eigenvalue weighted by atomic mass is 32.2. The van der Waals surface area contributed by atoms with Gasteiger partial charge in [-0.1, -0.05) is 107 Å². The maximum Gasteiger partial charge on any atom is 0.0649 e. The Morgan fingerprint density at radius 1 is 0.571 bits per heavy atom. The van der Waals surface area contributed by atoms with Crippen LogP contribution in [0.4, 0.5) is 0 Å². The van der Waals surface area contributed by atoms with E-state index < -0.39 is 0 Å². The third kappa shape index (κ3) is 11.0. The Morgan fingerprint density at radius 3 is 1.33 bits per heavy atom. The summed E-state index contributed by atoms with van der Waals surface area (Å²) in [4.78, 5) is 2.72. The predicted molar refractivity (Wildman–Crippen MR) is 195 cm³/mol. The number of thioether (sulfide) groups is 2. The molecule has 0 spiro atoms. The first-order chi connectivity index (χ1) is 18.8. The van der Waals surface area contributed by atoms with Crippen molar-refractivity contribution in [3.05, 3.63) is 82.5 Å². The highest BCUT2D eigenvalue weighted by Crippen LogP contribution is 2.49. The molecule has 0 aliphatic heterocycles. The molecule has 42 heavy (non-hydrogen) atoms. The van der Waals surface area contributed by atoms with E-state index in [1.807, 2.05) is 23.5 Å². The standard InChI is InChI=1S/C40H62S2/c1-27(2)19-18-20-28(3)21-33-34(38(10,11)12)25-32(26-35(33)39(13,14)15)42-40(16,17)41-31-23-29(36(4,5)6)22-30(24-31)37(7,8)9/h22-26H,1,3,18-21H2,2,4-17H3. The second kappa shape index (κ2) is 13.3. The summed E-state index contributed by atoms with van der Waals surface area (Å²) >= 11 is 4.00. The number of hydrogen-bond acceptors (Lipinski definition) is 2. The van der Waals surface area contributed by atoms with E-state index in [9.17, 15) is 0 Å². The summed E-state index contributed by atoms with van der Waals surface area (Å²) in [6.45, 7) is 43.6. The number of allylic oxidation sites excluding steroid dienone is 2. The zero-order valence-corrected chi connectivity index (χ0v) is 31.6. The smallest absolute Gasteiger partial charge is 0.0649 e. The molecule has 0 fully saturated rings. The predicted octanol–water partition coefficient (Wildman–Crippen LogP) is 13.3. The molecule has 0 saturated heterocycles. The SMILES string of the molecule is C=C(C)CCCC(=C)Cc1c(C(C)(C)C)cc(SC(C)(C)Sc2cc(C(C)(C)C)cc(C(C)(C)C)c2)cc1C(C)(C)C. The average Bonchev–Trinajstić information content (AvgIpc) is 2.76. The van der Waals surface area contributed by atoms with Gasteiger partial charge in [-0.15, -0.1) is 30.1 Å². The van der Waals surface area contributed by atoms with Gasteiger partial charge < -0.3 is 0 Å². The van der Waals surface area contributed by atoms with Crippen molar-refractivity contribution in [1.29, 1.82) is 0 Å². The van der Waals surface area contributed by atoms with Crippen molar-refractivity contribution >= 4 is 23.5 Å². The van der Waals surface area contributed by atoms with Gasteiger partial charge in [-0.05, 0) is 120 Å². The molecule has 2 aromatic rings. The van der Waals surface area contributed by atoms with Gasteiger partial charge in [0.15, 0.2) is 0 Å². The van der Waals surface area contributed by atoms with Crippen LogP contribution < -0.4 is 0 Å². The third-order valence-electron chi connectivity index (χ3n) is 7.77. The lowest BCUT2D eigenvalue weighted by Crippen LogP contribution is -2.22. The Balaban J connectivity index is 2.54. The molecule has 0 aliphatic rings. The first-order valence-electron chi connectivity index (χ1n) is 15.8. The Bertz CT molecular complexity index is 1190. The summed E-state index contributed by atoms with van der Waals surface area (Å²) in [5, 5.41) is 0. The van der Waals surface area contributed by atoms with Gasteiger partial charge >= 0.3 is 0 Å². The van der Waals surface area contributed by atoms with E-state index in [2.05, 4.69) is 147 Å². The number of hydrogen-bond donors (Lipinski definition) is 0. The van der Waals surface area contributed by atoms with Gasteiger partial charge in [-0.3, -0.25) is 0 Å². The molecule has 0 amide bonds. The van der Waals surface area contributed by atoms with Gasteiger partial charge in [-0.25, -0.2) is 0 Å². The zero-order valence-electron chi connectivity index (χ0n) is 29.9. The monoisotopic (exact) mass is 606 g/mol. The minimum absolute atomic E-state index is 0.0381. The maximum atomic E-state index is 4.53. The lowest BCUT2D eigenvalue weighted by Gasteiger charge is -2.33. The van der Waals surface area contributed by atoms with Crippen molar-refractivity contribution in [2.75, 3.05) is 0 Å². The fourth-order valence-electron chi connectivity index (χ4n) is 5.32. The zero-order chi connectivity index (χ0) is 32.5. The molecule has 0 aliphatic carbocycles. The first-order valence-corrected chi connectivity index (χ1v) is 17.5. The molecule has 0 bridgehead atoms. The van der Waals surface area contributed by atoms with Crippen LogP contribution in [0.1, 0.15) is 151 Å². The second-order valence-corrected chi connectivity index (χ2v) is 20.7. The van der Waals surface area contributed by atoms with Crippen LogP contribution in [-0.2, 0) is 28.1 Å². The maximum absolute atomic E-state index is 4.53. The van der Waals surface area contributed by atoms with E-state index in [0.29, 0.717) is 0 Å². The summed E-state index contributed by atoms with van der Waals surface area (Å²) in [5.41, 5.74) is 10.1. The van der Waals surface area contributed by atoms with E-state index in [-0.39, 0.29) is 25.7 Å². The number of benzene rings is 2. The summed E-state index contributed by atoms with van der Waals surface area (Å²) in [7, 11) is 0. The van der Waals surface area contributed by atoms with Crippen molar-refractivity contribution in [2.24, 2.45) is 0 Å². The number of rotatable bonds is 10. The molecule has 0 aromatic heterocycles. The third-order valence-corrected chi connectivity index (χ3v) is 10.2. The quantitative estimate of drug-likeness (QED) is 0.150. The van der Waals surface area contributed by atoms with Crippen molar-refractivity contribution in [3.8, 4) is 0 Å².